The van der Waals surface area contributed by atoms with Crippen molar-refractivity contribution in [2.24, 2.45) is 0 Å². The van der Waals surface area contributed by atoms with Crippen LogP contribution in [0.2, 0.25) is 0 Å². The molecule has 0 atom stereocenters. The fourth-order valence-corrected chi connectivity index (χ4v) is 2.81. The van der Waals surface area contributed by atoms with Crippen molar-refractivity contribution in [1.82, 2.24) is 20.2 Å². The Morgan fingerprint density at radius 2 is 1.92 bits per heavy atom. The first-order chi connectivity index (χ1) is 12.0. The lowest BCUT2D eigenvalue weighted by atomic mass is 10.1. The lowest BCUT2D eigenvalue weighted by Gasteiger charge is -2.08. The molecule has 0 saturated carbocycles. The molecule has 7 heteroatoms. The van der Waals surface area contributed by atoms with Gasteiger partial charge in [0.2, 0.25) is 11.1 Å². The van der Waals surface area contributed by atoms with Crippen molar-refractivity contribution < 1.29 is 4.79 Å². The third kappa shape index (κ3) is 4.24. The first-order valence-corrected chi connectivity index (χ1v) is 8.86. The van der Waals surface area contributed by atoms with Crippen molar-refractivity contribution in [3.8, 4) is 11.4 Å². The molecule has 3 rings (SSSR count). The highest BCUT2D eigenvalue weighted by Gasteiger charge is 2.11. The largest absolute Gasteiger partial charge is 0.310 e. The molecule has 0 aliphatic heterocycles. The van der Waals surface area contributed by atoms with Crippen LogP contribution >= 0.6 is 11.8 Å². The molecule has 1 amide bonds. The smallest absolute Gasteiger partial charge is 0.236 e. The number of hydrogen-bond donors (Lipinski definition) is 2. The van der Waals surface area contributed by atoms with E-state index in [1.54, 1.807) is 6.20 Å². The van der Waals surface area contributed by atoms with E-state index in [1.807, 2.05) is 51.1 Å². The van der Waals surface area contributed by atoms with Crippen LogP contribution in [0.25, 0.3) is 11.4 Å². The average molecular weight is 353 g/mol. The highest BCUT2D eigenvalue weighted by atomic mass is 32.2. The van der Waals surface area contributed by atoms with Crippen LogP contribution in [0.3, 0.4) is 0 Å². The second-order valence-corrected chi connectivity index (χ2v) is 6.71. The van der Waals surface area contributed by atoms with Gasteiger partial charge in [-0.25, -0.2) is 9.97 Å². The van der Waals surface area contributed by atoms with Gasteiger partial charge in [0.25, 0.3) is 0 Å². The van der Waals surface area contributed by atoms with Gasteiger partial charge in [0.1, 0.15) is 5.82 Å². The Labute approximate surface area is 150 Å². The Balaban J connectivity index is 1.59. The second kappa shape index (κ2) is 7.48. The molecular weight excluding hydrogens is 334 g/mol. The third-order valence-electron chi connectivity index (χ3n) is 3.85. The monoisotopic (exact) mass is 353 g/mol. The van der Waals surface area contributed by atoms with Crippen LogP contribution in [0, 0.1) is 20.8 Å². The van der Waals surface area contributed by atoms with Gasteiger partial charge in [0.15, 0.2) is 5.82 Å². The van der Waals surface area contributed by atoms with E-state index in [0.717, 1.165) is 16.7 Å². The summed E-state index contributed by atoms with van der Waals surface area (Å²) in [5.74, 6) is 1.38. The molecule has 25 heavy (non-hydrogen) atoms. The number of nitrogens with one attached hydrogen (secondary N) is 2. The molecule has 2 N–H and O–H groups in total. The molecule has 0 fully saturated rings. The zero-order valence-electron chi connectivity index (χ0n) is 14.3. The summed E-state index contributed by atoms with van der Waals surface area (Å²) in [6.45, 7) is 5.96. The minimum Gasteiger partial charge on any atom is -0.310 e. The van der Waals surface area contributed by atoms with E-state index >= 15 is 0 Å². The maximum Gasteiger partial charge on any atom is 0.236 e. The molecule has 2 heterocycles. The van der Waals surface area contributed by atoms with E-state index in [2.05, 4.69) is 25.5 Å². The molecule has 0 spiro atoms. The summed E-state index contributed by atoms with van der Waals surface area (Å²) >= 11 is 1.28. The number of benzene rings is 1. The van der Waals surface area contributed by atoms with Gasteiger partial charge in [-0.1, -0.05) is 41.6 Å². The number of thioether (sulfide) groups is 1. The molecule has 3 aromatic rings. The summed E-state index contributed by atoms with van der Waals surface area (Å²) in [7, 11) is 0. The predicted octanol–water partition coefficient (Wildman–Crippen LogP) is 3.52. The second-order valence-electron chi connectivity index (χ2n) is 5.77. The molecule has 0 aliphatic rings. The Morgan fingerprint density at radius 3 is 2.68 bits per heavy atom. The van der Waals surface area contributed by atoms with Crippen molar-refractivity contribution in [2.45, 2.75) is 25.9 Å². The summed E-state index contributed by atoms with van der Waals surface area (Å²) in [5, 5.41) is 10.4. The van der Waals surface area contributed by atoms with E-state index in [4.69, 9.17) is 0 Å². The molecule has 0 radical (unpaired) electrons. The van der Waals surface area contributed by atoms with Gasteiger partial charge < -0.3 is 5.32 Å². The molecule has 2 aromatic heterocycles. The number of anilines is 1. The summed E-state index contributed by atoms with van der Waals surface area (Å²) in [6, 6.07) is 9.94. The van der Waals surface area contributed by atoms with Gasteiger partial charge in [-0.3, -0.25) is 9.89 Å². The fourth-order valence-electron chi connectivity index (χ4n) is 2.21. The number of amides is 1. The number of carbonyl (C=O) groups excluding carboxylic acids is 1. The molecule has 1 aromatic carbocycles. The molecule has 0 bridgehead atoms. The summed E-state index contributed by atoms with van der Waals surface area (Å²) in [4.78, 5) is 20.8. The van der Waals surface area contributed by atoms with Gasteiger partial charge in [-0.2, -0.15) is 0 Å². The van der Waals surface area contributed by atoms with Crippen LogP contribution in [0.5, 0.6) is 0 Å². The van der Waals surface area contributed by atoms with E-state index in [0.29, 0.717) is 16.8 Å². The van der Waals surface area contributed by atoms with E-state index in [9.17, 15) is 4.79 Å². The number of rotatable bonds is 5. The third-order valence-corrected chi connectivity index (χ3v) is 4.70. The summed E-state index contributed by atoms with van der Waals surface area (Å²) in [5.41, 5.74) is 4.22. The minimum atomic E-state index is -0.132. The summed E-state index contributed by atoms with van der Waals surface area (Å²) < 4.78 is 0. The number of H-pyrrole nitrogens is 1. The highest BCUT2D eigenvalue weighted by molar-refractivity contribution is 7.99. The SMILES string of the molecule is Cc1ccc(-c2nc(SCC(=O)Nc3nccc(C)c3C)n[nH]2)cc1. The van der Waals surface area contributed by atoms with Crippen molar-refractivity contribution >= 4 is 23.5 Å². The maximum atomic E-state index is 12.1. The van der Waals surface area contributed by atoms with Gasteiger partial charge in [0, 0.05) is 11.8 Å². The number of aromatic nitrogens is 4. The van der Waals surface area contributed by atoms with Crippen LogP contribution in [-0.4, -0.2) is 31.8 Å². The number of aromatic amines is 1. The highest BCUT2D eigenvalue weighted by Crippen LogP contribution is 2.20. The molecule has 6 nitrogen and oxygen atoms in total. The first kappa shape index (κ1) is 17.2. The van der Waals surface area contributed by atoms with Crippen molar-refractivity contribution in [3.05, 3.63) is 53.2 Å². The zero-order chi connectivity index (χ0) is 17.8. The number of hydrogen-bond acceptors (Lipinski definition) is 5. The molecule has 0 saturated heterocycles. The standard InChI is InChI=1S/C18H19N5OS/c1-11-4-6-14(7-5-11)17-21-18(23-22-17)25-10-15(24)20-16-13(3)12(2)8-9-19-16/h4-9H,10H2,1-3H3,(H,19,20,24)(H,21,22,23). The van der Waals surface area contributed by atoms with Crippen molar-refractivity contribution in [2.75, 3.05) is 11.1 Å². The van der Waals surface area contributed by atoms with Crippen LogP contribution in [0.4, 0.5) is 5.82 Å². The van der Waals surface area contributed by atoms with E-state index in [1.165, 1.54) is 17.3 Å². The molecular formula is C18H19N5OS. The van der Waals surface area contributed by atoms with Crippen molar-refractivity contribution in [1.29, 1.82) is 0 Å². The Hall–Kier alpha value is -2.67. The van der Waals surface area contributed by atoms with Crippen LogP contribution in [0.15, 0.2) is 41.7 Å². The predicted molar refractivity (Wildman–Crippen MR) is 99.6 cm³/mol. The lowest BCUT2D eigenvalue weighted by molar-refractivity contribution is -0.113. The Morgan fingerprint density at radius 1 is 1.16 bits per heavy atom. The van der Waals surface area contributed by atoms with E-state index < -0.39 is 0 Å². The minimum absolute atomic E-state index is 0.132. The fraction of sp³-hybridized carbons (Fsp3) is 0.222. The quantitative estimate of drug-likeness (QED) is 0.686. The Kier molecular flexibility index (Phi) is 5.14. The van der Waals surface area contributed by atoms with Gasteiger partial charge in [0.05, 0.1) is 5.75 Å². The molecule has 0 unspecified atom stereocenters. The number of pyridine rings is 1. The first-order valence-electron chi connectivity index (χ1n) is 7.87. The van der Waals surface area contributed by atoms with Crippen LogP contribution < -0.4 is 5.32 Å². The maximum absolute atomic E-state index is 12.1. The number of carbonyl (C=O) groups is 1. The van der Waals surface area contributed by atoms with Crippen LogP contribution in [0.1, 0.15) is 16.7 Å². The topological polar surface area (TPSA) is 83.6 Å². The van der Waals surface area contributed by atoms with Crippen LogP contribution in [-0.2, 0) is 4.79 Å². The summed E-state index contributed by atoms with van der Waals surface area (Å²) in [6.07, 6.45) is 1.69. The number of aryl methyl sites for hydroxylation is 2. The lowest BCUT2D eigenvalue weighted by Crippen LogP contribution is -2.16. The van der Waals surface area contributed by atoms with E-state index in [-0.39, 0.29) is 11.7 Å². The molecule has 128 valence electrons. The van der Waals surface area contributed by atoms with Gasteiger partial charge >= 0.3 is 0 Å². The average Bonchev–Trinajstić information content (AvgIpc) is 3.07. The van der Waals surface area contributed by atoms with Gasteiger partial charge in [-0.15, -0.1) is 5.10 Å². The number of nitrogens with zero attached hydrogens (tertiary/aromatic N) is 3. The zero-order valence-corrected chi connectivity index (χ0v) is 15.1. The van der Waals surface area contributed by atoms with Crippen molar-refractivity contribution in [3.63, 3.8) is 0 Å². The molecule has 0 aliphatic carbocycles. The normalized spacial score (nSPS) is 10.7. The Bertz CT molecular complexity index is 889. The van der Waals surface area contributed by atoms with Gasteiger partial charge in [-0.05, 0) is 38.0 Å².